The lowest BCUT2D eigenvalue weighted by atomic mass is 9.83. The van der Waals surface area contributed by atoms with Crippen molar-refractivity contribution in [1.82, 2.24) is 4.98 Å². The van der Waals surface area contributed by atoms with Gasteiger partial charge < -0.3 is 0 Å². The van der Waals surface area contributed by atoms with E-state index in [9.17, 15) is 0 Å². The summed E-state index contributed by atoms with van der Waals surface area (Å²) >= 11 is 10.7. The van der Waals surface area contributed by atoms with Crippen LogP contribution in [0, 0.1) is 5.41 Å². The van der Waals surface area contributed by atoms with Gasteiger partial charge in [0, 0.05) is 27.0 Å². The standard InChI is InChI=1S/C12H16Br3N/c1-2-5-12(8-13,9-14)6-11-4-3-10(15)7-16-11/h3-4,7H,2,5-6,8-9H2,1H3. The molecular formula is C12H16Br3N. The van der Waals surface area contributed by atoms with E-state index in [-0.39, 0.29) is 5.41 Å². The number of aromatic nitrogens is 1. The van der Waals surface area contributed by atoms with Gasteiger partial charge in [0.25, 0.3) is 0 Å². The Bertz CT molecular complexity index is 307. The topological polar surface area (TPSA) is 12.9 Å². The monoisotopic (exact) mass is 411 g/mol. The molecule has 0 aliphatic heterocycles. The van der Waals surface area contributed by atoms with Crippen molar-refractivity contribution in [3.8, 4) is 0 Å². The Hall–Kier alpha value is 0.590. The highest BCUT2D eigenvalue weighted by atomic mass is 79.9. The largest absolute Gasteiger partial charge is 0.260 e. The maximum absolute atomic E-state index is 4.45. The third-order valence-electron chi connectivity index (χ3n) is 2.69. The van der Waals surface area contributed by atoms with E-state index in [0.29, 0.717) is 0 Å². The third kappa shape index (κ3) is 4.11. The molecule has 0 unspecified atom stereocenters. The Morgan fingerprint density at radius 1 is 1.25 bits per heavy atom. The van der Waals surface area contributed by atoms with Crippen LogP contribution in [0.25, 0.3) is 0 Å². The third-order valence-corrected chi connectivity index (χ3v) is 5.54. The molecule has 0 bridgehead atoms. The van der Waals surface area contributed by atoms with E-state index in [1.54, 1.807) is 0 Å². The number of hydrogen-bond acceptors (Lipinski definition) is 1. The molecule has 0 aromatic carbocycles. The molecule has 0 fully saturated rings. The second kappa shape index (κ2) is 7.12. The molecule has 0 spiro atoms. The number of hydrogen-bond donors (Lipinski definition) is 0. The summed E-state index contributed by atoms with van der Waals surface area (Å²) in [5.41, 5.74) is 1.45. The fourth-order valence-corrected chi connectivity index (χ4v) is 3.90. The molecule has 1 aromatic heterocycles. The molecule has 0 amide bonds. The van der Waals surface area contributed by atoms with Gasteiger partial charge in [0.15, 0.2) is 0 Å². The molecule has 4 heteroatoms. The molecule has 1 aromatic rings. The van der Waals surface area contributed by atoms with E-state index in [2.05, 4.69) is 71.8 Å². The van der Waals surface area contributed by atoms with Crippen molar-refractivity contribution in [3.05, 3.63) is 28.5 Å². The van der Waals surface area contributed by atoms with Gasteiger partial charge in [-0.25, -0.2) is 0 Å². The summed E-state index contributed by atoms with van der Waals surface area (Å²) in [5, 5.41) is 2.02. The highest BCUT2D eigenvalue weighted by molar-refractivity contribution is 9.10. The molecular weight excluding hydrogens is 398 g/mol. The highest BCUT2D eigenvalue weighted by Crippen LogP contribution is 2.32. The van der Waals surface area contributed by atoms with Crippen molar-refractivity contribution < 1.29 is 0 Å². The molecule has 16 heavy (non-hydrogen) atoms. The predicted octanol–water partition coefficient (Wildman–Crippen LogP) is 4.96. The average Bonchev–Trinajstić information content (AvgIpc) is 2.31. The maximum atomic E-state index is 4.45. The quantitative estimate of drug-likeness (QED) is 0.600. The van der Waals surface area contributed by atoms with Gasteiger partial charge in [-0.2, -0.15) is 0 Å². The SMILES string of the molecule is CCCC(CBr)(CBr)Cc1ccc(Br)cn1. The van der Waals surface area contributed by atoms with Gasteiger partial charge in [-0.1, -0.05) is 45.2 Å². The summed E-state index contributed by atoms with van der Waals surface area (Å²) in [7, 11) is 0. The maximum Gasteiger partial charge on any atom is 0.0413 e. The zero-order chi connectivity index (χ0) is 12.0. The highest BCUT2D eigenvalue weighted by Gasteiger charge is 2.27. The molecule has 90 valence electrons. The summed E-state index contributed by atoms with van der Waals surface area (Å²) in [4.78, 5) is 4.45. The second-order valence-electron chi connectivity index (χ2n) is 4.16. The Balaban J connectivity index is 2.78. The van der Waals surface area contributed by atoms with E-state index in [1.165, 1.54) is 12.8 Å². The average molecular weight is 414 g/mol. The van der Waals surface area contributed by atoms with Crippen LogP contribution in [-0.2, 0) is 6.42 Å². The van der Waals surface area contributed by atoms with Crippen molar-refractivity contribution in [2.45, 2.75) is 26.2 Å². The summed E-state index contributed by atoms with van der Waals surface area (Å²) < 4.78 is 1.04. The van der Waals surface area contributed by atoms with Gasteiger partial charge in [-0.3, -0.25) is 4.98 Å². The first-order valence-corrected chi connectivity index (χ1v) is 8.42. The first-order chi connectivity index (χ1) is 7.65. The van der Waals surface area contributed by atoms with Crippen LogP contribution in [0.1, 0.15) is 25.5 Å². The minimum absolute atomic E-state index is 0.287. The van der Waals surface area contributed by atoms with Crippen molar-refractivity contribution in [3.63, 3.8) is 0 Å². The number of nitrogens with zero attached hydrogens (tertiary/aromatic N) is 1. The first-order valence-electron chi connectivity index (χ1n) is 5.38. The minimum atomic E-state index is 0.287. The lowest BCUT2D eigenvalue weighted by molar-refractivity contribution is 0.348. The van der Waals surface area contributed by atoms with Crippen LogP contribution >= 0.6 is 47.8 Å². The summed E-state index contributed by atoms with van der Waals surface area (Å²) in [6.45, 7) is 2.23. The van der Waals surface area contributed by atoms with Crippen LogP contribution in [0.5, 0.6) is 0 Å². The number of rotatable bonds is 6. The lowest BCUT2D eigenvalue weighted by Gasteiger charge is -2.29. The number of pyridine rings is 1. The molecule has 0 atom stereocenters. The van der Waals surface area contributed by atoms with E-state index in [0.717, 1.165) is 27.2 Å². The van der Waals surface area contributed by atoms with Crippen LogP contribution < -0.4 is 0 Å². The van der Waals surface area contributed by atoms with Crippen molar-refractivity contribution in [2.24, 2.45) is 5.41 Å². The summed E-state index contributed by atoms with van der Waals surface area (Å²) in [6.07, 6.45) is 5.30. The molecule has 0 radical (unpaired) electrons. The Morgan fingerprint density at radius 3 is 2.38 bits per heavy atom. The number of alkyl halides is 2. The molecule has 0 saturated carbocycles. The predicted molar refractivity (Wildman–Crippen MR) is 80.6 cm³/mol. The van der Waals surface area contributed by atoms with Gasteiger partial charge in [-0.15, -0.1) is 0 Å². The second-order valence-corrected chi connectivity index (χ2v) is 6.20. The Morgan fingerprint density at radius 2 is 1.94 bits per heavy atom. The summed E-state index contributed by atoms with van der Waals surface area (Å²) in [5.74, 6) is 0. The smallest absolute Gasteiger partial charge is 0.0413 e. The molecule has 0 aliphatic rings. The fraction of sp³-hybridized carbons (Fsp3) is 0.583. The van der Waals surface area contributed by atoms with Crippen LogP contribution in [0.15, 0.2) is 22.8 Å². The number of halogens is 3. The molecule has 1 nitrogen and oxygen atoms in total. The van der Waals surface area contributed by atoms with Crippen LogP contribution in [0.2, 0.25) is 0 Å². The molecule has 0 aliphatic carbocycles. The molecule has 1 rings (SSSR count). The van der Waals surface area contributed by atoms with Crippen molar-refractivity contribution >= 4 is 47.8 Å². The van der Waals surface area contributed by atoms with Crippen LogP contribution in [-0.4, -0.2) is 15.6 Å². The van der Waals surface area contributed by atoms with Gasteiger partial charge in [0.05, 0.1) is 0 Å². The van der Waals surface area contributed by atoms with Gasteiger partial charge in [0.1, 0.15) is 0 Å². The van der Waals surface area contributed by atoms with Crippen molar-refractivity contribution in [2.75, 3.05) is 10.7 Å². The van der Waals surface area contributed by atoms with E-state index in [4.69, 9.17) is 0 Å². The zero-order valence-corrected chi connectivity index (χ0v) is 14.1. The van der Waals surface area contributed by atoms with Gasteiger partial charge >= 0.3 is 0 Å². The molecule has 1 heterocycles. The fourth-order valence-electron chi connectivity index (χ4n) is 1.78. The van der Waals surface area contributed by atoms with Crippen LogP contribution in [0.3, 0.4) is 0 Å². The van der Waals surface area contributed by atoms with Crippen molar-refractivity contribution in [1.29, 1.82) is 0 Å². The Kier molecular flexibility index (Phi) is 6.52. The van der Waals surface area contributed by atoms with E-state index >= 15 is 0 Å². The minimum Gasteiger partial charge on any atom is -0.260 e. The first kappa shape index (κ1) is 14.7. The van der Waals surface area contributed by atoms with Gasteiger partial charge in [0.2, 0.25) is 0 Å². The zero-order valence-electron chi connectivity index (χ0n) is 9.35. The Labute approximate surface area is 123 Å². The molecule has 0 N–H and O–H groups in total. The van der Waals surface area contributed by atoms with E-state index < -0.39 is 0 Å². The molecule has 0 saturated heterocycles. The van der Waals surface area contributed by atoms with E-state index in [1.807, 2.05) is 6.20 Å². The summed E-state index contributed by atoms with van der Waals surface area (Å²) in [6, 6.07) is 4.15. The normalized spacial score (nSPS) is 11.8. The van der Waals surface area contributed by atoms with Gasteiger partial charge in [-0.05, 0) is 46.3 Å². The van der Waals surface area contributed by atoms with Crippen LogP contribution in [0.4, 0.5) is 0 Å². The lowest BCUT2D eigenvalue weighted by Crippen LogP contribution is -2.27.